The van der Waals surface area contributed by atoms with Crippen LogP contribution >= 0.6 is 11.6 Å². The van der Waals surface area contributed by atoms with Crippen LogP contribution in [-0.4, -0.2) is 7.11 Å². The Morgan fingerprint density at radius 2 is 1.85 bits per heavy atom. The van der Waals surface area contributed by atoms with Crippen molar-refractivity contribution in [2.75, 3.05) is 7.11 Å². The number of rotatable bonds is 4. The molecule has 0 radical (unpaired) electrons. The molecule has 2 rings (SSSR count). The lowest BCUT2D eigenvalue weighted by atomic mass is 9.94. The minimum Gasteiger partial charge on any atom is -0.496 e. The Morgan fingerprint density at radius 3 is 2.45 bits per heavy atom. The summed E-state index contributed by atoms with van der Waals surface area (Å²) in [6.45, 7) is 3.95. The summed E-state index contributed by atoms with van der Waals surface area (Å²) in [7, 11) is 1.55. The molecule has 3 heteroatoms. The van der Waals surface area contributed by atoms with Gasteiger partial charge in [-0.25, -0.2) is 4.39 Å². The van der Waals surface area contributed by atoms with Gasteiger partial charge in [0.1, 0.15) is 11.6 Å². The molecule has 0 spiro atoms. The summed E-state index contributed by atoms with van der Waals surface area (Å²) in [5, 5.41) is 0. The molecule has 0 atom stereocenters. The molecule has 0 aliphatic rings. The minimum absolute atomic E-state index is 0.114. The Balaban J connectivity index is 2.68. The van der Waals surface area contributed by atoms with E-state index in [-0.39, 0.29) is 11.7 Å². The van der Waals surface area contributed by atoms with E-state index in [9.17, 15) is 4.39 Å². The van der Waals surface area contributed by atoms with Crippen molar-refractivity contribution in [3.63, 3.8) is 0 Å². The number of hydrogen-bond donors (Lipinski definition) is 0. The highest BCUT2D eigenvalue weighted by Crippen LogP contribution is 2.36. The van der Waals surface area contributed by atoms with E-state index in [1.807, 2.05) is 44.2 Å². The first-order valence-corrected chi connectivity index (χ1v) is 7.13. The largest absolute Gasteiger partial charge is 0.496 e. The van der Waals surface area contributed by atoms with Gasteiger partial charge in [0.15, 0.2) is 0 Å². The lowest BCUT2D eigenvalue weighted by Gasteiger charge is -2.16. The molecule has 0 saturated heterocycles. The molecular weight excluding hydrogens is 275 g/mol. The van der Waals surface area contributed by atoms with Gasteiger partial charge in [-0.2, -0.15) is 0 Å². The summed E-state index contributed by atoms with van der Waals surface area (Å²) in [5.41, 5.74) is 3.56. The molecule has 0 saturated carbocycles. The highest BCUT2D eigenvalue weighted by Gasteiger charge is 2.16. The minimum atomic E-state index is -0.232. The Morgan fingerprint density at radius 1 is 1.15 bits per heavy atom. The molecule has 0 unspecified atom stereocenters. The van der Waals surface area contributed by atoms with Crippen LogP contribution in [0.2, 0.25) is 0 Å². The standard InChI is InChI=1S/C17H18ClFO/c1-11(2)14-8-15(17(20-3)9-16(14)19)13-7-5-4-6-12(13)10-18/h4-9,11H,10H2,1-3H3. The van der Waals surface area contributed by atoms with Gasteiger partial charge in [0.25, 0.3) is 0 Å². The van der Waals surface area contributed by atoms with Crippen LogP contribution in [0, 0.1) is 5.82 Å². The average molecular weight is 293 g/mol. The second kappa shape index (κ2) is 6.27. The van der Waals surface area contributed by atoms with E-state index in [1.54, 1.807) is 7.11 Å². The van der Waals surface area contributed by atoms with Crippen LogP contribution in [0.1, 0.15) is 30.9 Å². The second-order valence-electron chi connectivity index (χ2n) is 5.02. The first-order valence-electron chi connectivity index (χ1n) is 6.60. The van der Waals surface area contributed by atoms with Gasteiger partial charge in [-0.3, -0.25) is 0 Å². The van der Waals surface area contributed by atoms with Gasteiger partial charge in [0.2, 0.25) is 0 Å². The molecule has 0 amide bonds. The Bertz CT molecular complexity index is 608. The van der Waals surface area contributed by atoms with E-state index in [0.29, 0.717) is 17.2 Å². The Labute approximate surface area is 124 Å². The molecule has 0 fully saturated rings. The summed E-state index contributed by atoms with van der Waals surface area (Å²) in [6, 6.07) is 11.2. The van der Waals surface area contributed by atoms with Crippen LogP contribution < -0.4 is 4.74 Å². The third-order valence-electron chi connectivity index (χ3n) is 3.39. The fourth-order valence-corrected chi connectivity index (χ4v) is 2.53. The molecule has 0 aliphatic heterocycles. The number of benzene rings is 2. The number of alkyl halides is 1. The van der Waals surface area contributed by atoms with Gasteiger partial charge in [-0.05, 0) is 28.7 Å². The number of methoxy groups -OCH3 is 1. The van der Waals surface area contributed by atoms with Gasteiger partial charge in [0, 0.05) is 17.5 Å². The van der Waals surface area contributed by atoms with E-state index in [4.69, 9.17) is 16.3 Å². The van der Waals surface area contributed by atoms with Crippen molar-refractivity contribution < 1.29 is 9.13 Å². The van der Waals surface area contributed by atoms with Crippen molar-refractivity contribution in [2.24, 2.45) is 0 Å². The maximum Gasteiger partial charge on any atom is 0.130 e. The predicted octanol–water partition coefficient (Wildman–Crippen LogP) is 5.36. The third-order valence-corrected chi connectivity index (χ3v) is 3.68. The SMILES string of the molecule is COc1cc(F)c(C(C)C)cc1-c1ccccc1CCl. The molecule has 0 aliphatic carbocycles. The van der Waals surface area contributed by atoms with Crippen LogP contribution in [-0.2, 0) is 5.88 Å². The van der Waals surface area contributed by atoms with Crippen molar-refractivity contribution in [1.29, 1.82) is 0 Å². The van der Waals surface area contributed by atoms with E-state index >= 15 is 0 Å². The highest BCUT2D eigenvalue weighted by atomic mass is 35.5. The van der Waals surface area contributed by atoms with Crippen LogP contribution in [0.25, 0.3) is 11.1 Å². The molecule has 0 heterocycles. The zero-order chi connectivity index (χ0) is 14.7. The van der Waals surface area contributed by atoms with Gasteiger partial charge in [-0.1, -0.05) is 38.1 Å². The number of hydrogen-bond acceptors (Lipinski definition) is 1. The zero-order valence-electron chi connectivity index (χ0n) is 11.9. The highest BCUT2D eigenvalue weighted by molar-refractivity contribution is 6.17. The van der Waals surface area contributed by atoms with E-state index in [1.165, 1.54) is 6.07 Å². The maximum absolute atomic E-state index is 14.1. The summed E-state index contributed by atoms with van der Waals surface area (Å²) in [5.74, 6) is 0.824. The van der Waals surface area contributed by atoms with Crippen LogP contribution in [0.3, 0.4) is 0 Å². The van der Waals surface area contributed by atoms with Crippen molar-refractivity contribution in [3.05, 3.63) is 53.3 Å². The Kier molecular flexibility index (Phi) is 4.66. The first-order chi connectivity index (χ1) is 9.58. The summed E-state index contributed by atoms with van der Waals surface area (Å²) >= 11 is 6.00. The molecule has 0 bridgehead atoms. The molecule has 0 aromatic heterocycles. The predicted molar refractivity (Wildman–Crippen MR) is 82.0 cm³/mol. The molecular formula is C17H18ClFO. The van der Waals surface area contributed by atoms with Crippen molar-refractivity contribution in [3.8, 4) is 16.9 Å². The molecule has 1 nitrogen and oxygen atoms in total. The smallest absolute Gasteiger partial charge is 0.130 e. The molecule has 20 heavy (non-hydrogen) atoms. The lowest BCUT2D eigenvalue weighted by Crippen LogP contribution is -1.98. The fraction of sp³-hybridized carbons (Fsp3) is 0.294. The lowest BCUT2D eigenvalue weighted by molar-refractivity contribution is 0.412. The normalized spacial score (nSPS) is 10.9. The van der Waals surface area contributed by atoms with Gasteiger partial charge in [-0.15, -0.1) is 11.6 Å². The topological polar surface area (TPSA) is 9.23 Å². The number of halogens is 2. The van der Waals surface area contributed by atoms with Crippen molar-refractivity contribution in [1.82, 2.24) is 0 Å². The quantitative estimate of drug-likeness (QED) is 0.689. The molecule has 106 valence electrons. The summed E-state index contributed by atoms with van der Waals surface area (Å²) in [6.07, 6.45) is 0. The fourth-order valence-electron chi connectivity index (χ4n) is 2.29. The molecule has 0 N–H and O–H groups in total. The average Bonchev–Trinajstić information content (AvgIpc) is 2.46. The third kappa shape index (κ3) is 2.80. The van der Waals surface area contributed by atoms with Crippen LogP contribution in [0.4, 0.5) is 4.39 Å². The van der Waals surface area contributed by atoms with E-state index in [2.05, 4.69) is 0 Å². The number of ether oxygens (including phenoxy) is 1. The van der Waals surface area contributed by atoms with E-state index < -0.39 is 0 Å². The molecule has 2 aromatic carbocycles. The zero-order valence-corrected chi connectivity index (χ0v) is 12.7. The van der Waals surface area contributed by atoms with Crippen LogP contribution in [0.15, 0.2) is 36.4 Å². The Hall–Kier alpha value is -1.54. The monoisotopic (exact) mass is 292 g/mol. The second-order valence-corrected chi connectivity index (χ2v) is 5.29. The van der Waals surface area contributed by atoms with Crippen LogP contribution in [0.5, 0.6) is 5.75 Å². The summed E-state index contributed by atoms with van der Waals surface area (Å²) in [4.78, 5) is 0. The molecule has 2 aromatic rings. The van der Waals surface area contributed by atoms with Gasteiger partial charge in [0.05, 0.1) is 7.11 Å². The van der Waals surface area contributed by atoms with Crippen molar-refractivity contribution >= 4 is 11.6 Å². The summed E-state index contributed by atoms with van der Waals surface area (Å²) < 4.78 is 19.4. The van der Waals surface area contributed by atoms with Gasteiger partial charge < -0.3 is 4.74 Å². The first kappa shape index (κ1) is 14.9. The van der Waals surface area contributed by atoms with Gasteiger partial charge >= 0.3 is 0 Å². The van der Waals surface area contributed by atoms with E-state index in [0.717, 1.165) is 16.7 Å². The maximum atomic E-state index is 14.1. The van der Waals surface area contributed by atoms with Crippen molar-refractivity contribution in [2.45, 2.75) is 25.6 Å².